The smallest absolute Gasteiger partial charge is 0.224 e. The first-order chi connectivity index (χ1) is 6.13. The van der Waals surface area contributed by atoms with Crippen molar-refractivity contribution < 1.29 is 0 Å². The molecule has 0 aliphatic carbocycles. The van der Waals surface area contributed by atoms with Crippen molar-refractivity contribution in [2.75, 3.05) is 5.32 Å². The number of hydrogen-bond acceptors (Lipinski definition) is 3. The van der Waals surface area contributed by atoms with Gasteiger partial charge in [-0.25, -0.2) is 4.98 Å². The first-order valence-corrected chi connectivity index (χ1v) is 4.87. The van der Waals surface area contributed by atoms with Crippen molar-refractivity contribution in [2.24, 2.45) is 0 Å². The van der Waals surface area contributed by atoms with E-state index in [1.807, 2.05) is 6.92 Å². The highest BCUT2D eigenvalue weighted by Gasteiger charge is 2.04. The van der Waals surface area contributed by atoms with E-state index >= 15 is 0 Å². The van der Waals surface area contributed by atoms with Crippen LogP contribution in [0.4, 0.5) is 5.82 Å². The van der Waals surface area contributed by atoms with Crippen LogP contribution in [0.5, 0.6) is 0 Å². The van der Waals surface area contributed by atoms with Crippen LogP contribution in [0.2, 0.25) is 5.28 Å². The molecule has 0 spiro atoms. The maximum Gasteiger partial charge on any atom is 0.224 e. The Morgan fingerprint density at radius 1 is 1.77 bits per heavy atom. The summed E-state index contributed by atoms with van der Waals surface area (Å²) in [6, 6.07) is 0.141. The van der Waals surface area contributed by atoms with Crippen molar-refractivity contribution in [2.45, 2.75) is 13.0 Å². The van der Waals surface area contributed by atoms with E-state index in [0.717, 1.165) is 4.47 Å². The molecule has 13 heavy (non-hydrogen) atoms. The van der Waals surface area contributed by atoms with Crippen LogP contribution in [0.15, 0.2) is 23.3 Å². The van der Waals surface area contributed by atoms with Crippen molar-refractivity contribution in [1.82, 2.24) is 9.97 Å². The zero-order chi connectivity index (χ0) is 9.84. The van der Waals surface area contributed by atoms with E-state index in [0.29, 0.717) is 5.82 Å². The maximum absolute atomic E-state index is 5.63. The number of nitrogens with one attached hydrogen (secondary N) is 1. The molecule has 1 aromatic heterocycles. The van der Waals surface area contributed by atoms with Gasteiger partial charge >= 0.3 is 0 Å². The van der Waals surface area contributed by atoms with E-state index in [1.165, 1.54) is 0 Å². The third-order valence-electron chi connectivity index (χ3n) is 1.43. The topological polar surface area (TPSA) is 37.8 Å². The number of aromatic nitrogens is 2. The highest BCUT2D eigenvalue weighted by Crippen LogP contribution is 2.20. The predicted molar refractivity (Wildman–Crippen MR) is 58.0 cm³/mol. The van der Waals surface area contributed by atoms with E-state index in [9.17, 15) is 0 Å². The SMILES string of the molecule is C=CC(C)Nc1nc(Cl)ncc1Br. The largest absolute Gasteiger partial charge is 0.363 e. The Morgan fingerprint density at radius 3 is 3.08 bits per heavy atom. The summed E-state index contributed by atoms with van der Waals surface area (Å²) in [6.07, 6.45) is 3.38. The van der Waals surface area contributed by atoms with E-state index in [4.69, 9.17) is 11.6 Å². The van der Waals surface area contributed by atoms with Gasteiger partial charge in [-0.05, 0) is 34.5 Å². The first kappa shape index (κ1) is 10.5. The first-order valence-electron chi connectivity index (χ1n) is 3.70. The predicted octanol–water partition coefficient (Wildman–Crippen LogP) is 2.88. The third kappa shape index (κ3) is 2.97. The van der Waals surface area contributed by atoms with Gasteiger partial charge in [-0.3, -0.25) is 0 Å². The lowest BCUT2D eigenvalue weighted by Crippen LogP contribution is -2.13. The van der Waals surface area contributed by atoms with Gasteiger partial charge in [0.05, 0.1) is 4.47 Å². The Hall–Kier alpha value is -0.610. The van der Waals surface area contributed by atoms with Crippen molar-refractivity contribution in [3.63, 3.8) is 0 Å². The highest BCUT2D eigenvalue weighted by atomic mass is 79.9. The number of hydrogen-bond donors (Lipinski definition) is 1. The molecule has 70 valence electrons. The van der Waals surface area contributed by atoms with E-state index in [-0.39, 0.29) is 11.3 Å². The Labute approximate surface area is 90.4 Å². The monoisotopic (exact) mass is 261 g/mol. The van der Waals surface area contributed by atoms with Gasteiger partial charge in [-0.2, -0.15) is 4.98 Å². The van der Waals surface area contributed by atoms with Crippen LogP contribution >= 0.6 is 27.5 Å². The van der Waals surface area contributed by atoms with E-state index < -0.39 is 0 Å². The number of anilines is 1. The molecule has 0 saturated carbocycles. The molecule has 1 N–H and O–H groups in total. The highest BCUT2D eigenvalue weighted by molar-refractivity contribution is 9.10. The summed E-state index contributed by atoms with van der Waals surface area (Å²) in [5, 5.41) is 3.32. The van der Waals surface area contributed by atoms with Crippen LogP contribution in [0.1, 0.15) is 6.92 Å². The van der Waals surface area contributed by atoms with Crippen molar-refractivity contribution in [3.05, 3.63) is 28.6 Å². The Morgan fingerprint density at radius 2 is 2.46 bits per heavy atom. The molecule has 5 heteroatoms. The number of rotatable bonds is 3. The van der Waals surface area contributed by atoms with Gasteiger partial charge in [-0.1, -0.05) is 6.08 Å². The lowest BCUT2D eigenvalue weighted by atomic mass is 10.3. The van der Waals surface area contributed by atoms with Crippen LogP contribution in [0, 0.1) is 0 Å². The molecule has 1 unspecified atom stereocenters. The molecule has 0 fully saturated rings. The van der Waals surface area contributed by atoms with Gasteiger partial charge in [0, 0.05) is 12.2 Å². The van der Waals surface area contributed by atoms with Gasteiger partial charge < -0.3 is 5.32 Å². The second-order valence-corrected chi connectivity index (χ2v) is 3.70. The zero-order valence-electron chi connectivity index (χ0n) is 7.09. The second kappa shape index (κ2) is 4.58. The van der Waals surface area contributed by atoms with Crippen LogP contribution in [0.25, 0.3) is 0 Å². The van der Waals surface area contributed by atoms with Crippen molar-refractivity contribution in [3.8, 4) is 0 Å². The molecule has 3 nitrogen and oxygen atoms in total. The molecule has 0 radical (unpaired) electrons. The van der Waals surface area contributed by atoms with Gasteiger partial charge in [0.1, 0.15) is 5.82 Å². The molecule has 1 atom stereocenters. The summed E-state index contributed by atoms with van der Waals surface area (Å²) in [4.78, 5) is 7.82. The maximum atomic E-state index is 5.63. The third-order valence-corrected chi connectivity index (χ3v) is 2.20. The molecule has 1 aromatic rings. The molecule has 0 bridgehead atoms. The average Bonchev–Trinajstić information content (AvgIpc) is 2.11. The lowest BCUT2D eigenvalue weighted by molar-refractivity contribution is 0.972. The second-order valence-electron chi connectivity index (χ2n) is 2.50. The van der Waals surface area contributed by atoms with Gasteiger partial charge in [0.25, 0.3) is 0 Å². The average molecular weight is 263 g/mol. The summed E-state index contributed by atoms with van der Waals surface area (Å²) in [7, 11) is 0. The molecule has 0 aliphatic rings. The molecule has 0 aromatic carbocycles. The lowest BCUT2D eigenvalue weighted by Gasteiger charge is -2.10. The standard InChI is InChI=1S/C8H9BrClN3/c1-3-5(2)12-7-6(9)4-11-8(10)13-7/h3-5H,1H2,2H3,(H,11,12,13). The summed E-state index contributed by atoms with van der Waals surface area (Å²) in [5.74, 6) is 0.674. The fourth-order valence-electron chi connectivity index (χ4n) is 0.721. The van der Waals surface area contributed by atoms with Crippen LogP contribution in [-0.4, -0.2) is 16.0 Å². The summed E-state index contributed by atoms with van der Waals surface area (Å²) in [5.41, 5.74) is 0. The van der Waals surface area contributed by atoms with Crippen LogP contribution < -0.4 is 5.32 Å². The Balaban J connectivity index is 2.86. The molecule has 1 heterocycles. The van der Waals surface area contributed by atoms with Gasteiger partial charge in [0.2, 0.25) is 5.28 Å². The minimum absolute atomic E-state index is 0.141. The Bertz CT molecular complexity index is 316. The van der Waals surface area contributed by atoms with Crippen molar-refractivity contribution >= 4 is 33.3 Å². The summed E-state index contributed by atoms with van der Waals surface area (Å²) >= 11 is 8.94. The van der Waals surface area contributed by atoms with Crippen molar-refractivity contribution in [1.29, 1.82) is 0 Å². The zero-order valence-corrected chi connectivity index (χ0v) is 9.43. The number of halogens is 2. The molecular weight excluding hydrogens is 253 g/mol. The van der Waals surface area contributed by atoms with E-state index in [1.54, 1.807) is 12.3 Å². The van der Waals surface area contributed by atoms with Gasteiger partial charge in [-0.15, -0.1) is 6.58 Å². The molecule has 1 rings (SSSR count). The minimum Gasteiger partial charge on any atom is -0.363 e. The summed E-state index contributed by atoms with van der Waals surface area (Å²) < 4.78 is 0.783. The van der Waals surface area contributed by atoms with Gasteiger partial charge in [0.15, 0.2) is 0 Å². The molecule has 0 aliphatic heterocycles. The summed E-state index contributed by atoms with van der Waals surface area (Å²) in [6.45, 7) is 5.62. The fourth-order valence-corrected chi connectivity index (χ4v) is 1.16. The molecular formula is C8H9BrClN3. The minimum atomic E-state index is 0.141. The Kier molecular flexibility index (Phi) is 3.69. The van der Waals surface area contributed by atoms with Crippen LogP contribution in [-0.2, 0) is 0 Å². The molecule has 0 amide bonds. The number of nitrogens with zero attached hydrogens (tertiary/aromatic N) is 2. The fraction of sp³-hybridized carbons (Fsp3) is 0.250. The molecule has 0 saturated heterocycles. The van der Waals surface area contributed by atoms with E-state index in [2.05, 4.69) is 37.8 Å². The quantitative estimate of drug-likeness (QED) is 0.672. The van der Waals surface area contributed by atoms with Crippen LogP contribution in [0.3, 0.4) is 0 Å². The normalized spacial score (nSPS) is 12.2.